The third kappa shape index (κ3) is 5.90. The molecule has 128 valence electrons. The fourth-order valence-electron chi connectivity index (χ4n) is 2.09. The molecule has 2 N–H and O–H groups in total. The first-order chi connectivity index (χ1) is 11.4. The number of rotatable bonds is 7. The highest BCUT2D eigenvalue weighted by Crippen LogP contribution is 2.15. The quantitative estimate of drug-likeness (QED) is 0.709. The van der Waals surface area contributed by atoms with Crippen LogP contribution < -0.4 is 10.6 Å². The van der Waals surface area contributed by atoms with Crippen molar-refractivity contribution in [1.29, 1.82) is 0 Å². The molecule has 0 aliphatic carbocycles. The highest BCUT2D eigenvalue weighted by atomic mass is 79.9. The summed E-state index contributed by atoms with van der Waals surface area (Å²) in [6.45, 7) is 3.59. The molecule has 1 aromatic heterocycles. The van der Waals surface area contributed by atoms with Crippen molar-refractivity contribution in [3.05, 3.63) is 46.2 Å². The Labute approximate surface area is 150 Å². The standard InChI is InChI=1S/C17H22BrN5O/c1-12-11-15(16(24)21-14-7-5-13(18)6-8-14)22-17(20-12)19-9-4-10-23(2)3/h5-8,11H,4,9-10H2,1-3H3,(H,21,24)(H,19,20,22). The first-order valence-corrected chi connectivity index (χ1v) is 8.54. The molecule has 7 heteroatoms. The topological polar surface area (TPSA) is 70.2 Å². The van der Waals surface area contributed by atoms with Gasteiger partial charge in [-0.05, 0) is 64.3 Å². The maximum atomic E-state index is 12.4. The summed E-state index contributed by atoms with van der Waals surface area (Å²) in [5.74, 6) is 0.230. The third-order valence-corrected chi connectivity index (χ3v) is 3.78. The number of carbonyl (C=O) groups excluding carboxylic acids is 1. The zero-order valence-corrected chi connectivity index (χ0v) is 15.7. The van der Waals surface area contributed by atoms with Crippen LogP contribution in [-0.4, -0.2) is 48.0 Å². The average molecular weight is 392 g/mol. The van der Waals surface area contributed by atoms with Crippen molar-refractivity contribution in [1.82, 2.24) is 14.9 Å². The molecule has 0 aliphatic heterocycles. The van der Waals surface area contributed by atoms with Gasteiger partial charge in [-0.25, -0.2) is 9.97 Å². The maximum absolute atomic E-state index is 12.4. The number of amides is 1. The molecule has 0 saturated carbocycles. The number of hydrogen-bond donors (Lipinski definition) is 2. The van der Waals surface area contributed by atoms with Crippen LogP contribution in [0.1, 0.15) is 22.6 Å². The van der Waals surface area contributed by atoms with Crippen LogP contribution in [0.4, 0.5) is 11.6 Å². The molecular weight excluding hydrogens is 370 g/mol. The van der Waals surface area contributed by atoms with Gasteiger partial charge in [0, 0.05) is 22.4 Å². The predicted molar refractivity (Wildman–Crippen MR) is 101 cm³/mol. The van der Waals surface area contributed by atoms with Gasteiger partial charge >= 0.3 is 0 Å². The number of benzene rings is 1. The predicted octanol–water partition coefficient (Wildman–Crippen LogP) is 3.16. The van der Waals surface area contributed by atoms with Gasteiger partial charge < -0.3 is 15.5 Å². The van der Waals surface area contributed by atoms with E-state index in [0.717, 1.165) is 35.4 Å². The molecule has 6 nitrogen and oxygen atoms in total. The Morgan fingerprint density at radius 2 is 1.92 bits per heavy atom. The van der Waals surface area contributed by atoms with Crippen LogP contribution in [0.5, 0.6) is 0 Å². The van der Waals surface area contributed by atoms with E-state index in [1.165, 1.54) is 0 Å². The lowest BCUT2D eigenvalue weighted by molar-refractivity contribution is 0.102. The Morgan fingerprint density at radius 3 is 2.58 bits per heavy atom. The van der Waals surface area contributed by atoms with Gasteiger partial charge in [-0.15, -0.1) is 0 Å². The maximum Gasteiger partial charge on any atom is 0.274 e. The van der Waals surface area contributed by atoms with Crippen molar-refractivity contribution in [3.8, 4) is 0 Å². The van der Waals surface area contributed by atoms with Crippen LogP contribution in [0.3, 0.4) is 0 Å². The molecule has 0 unspecified atom stereocenters. The summed E-state index contributed by atoms with van der Waals surface area (Å²) >= 11 is 3.37. The van der Waals surface area contributed by atoms with Crippen molar-refractivity contribution in [3.63, 3.8) is 0 Å². The van der Waals surface area contributed by atoms with Crippen molar-refractivity contribution >= 4 is 33.5 Å². The lowest BCUT2D eigenvalue weighted by atomic mass is 10.3. The first kappa shape index (κ1) is 18.4. The molecular formula is C17H22BrN5O. The number of aryl methyl sites for hydroxylation is 1. The lowest BCUT2D eigenvalue weighted by Gasteiger charge is -2.11. The molecule has 2 rings (SSSR count). The fraction of sp³-hybridized carbons (Fsp3) is 0.353. The van der Waals surface area contributed by atoms with Gasteiger partial charge in [0.15, 0.2) is 0 Å². The zero-order valence-electron chi connectivity index (χ0n) is 14.1. The van der Waals surface area contributed by atoms with E-state index >= 15 is 0 Å². The minimum absolute atomic E-state index is 0.251. The van der Waals surface area contributed by atoms with Crippen LogP contribution in [0.15, 0.2) is 34.8 Å². The number of carbonyl (C=O) groups is 1. The van der Waals surface area contributed by atoms with Crippen molar-refractivity contribution in [2.45, 2.75) is 13.3 Å². The second-order valence-electron chi connectivity index (χ2n) is 5.76. The number of halogens is 1. The summed E-state index contributed by atoms with van der Waals surface area (Å²) < 4.78 is 0.961. The lowest BCUT2D eigenvalue weighted by Crippen LogP contribution is -2.18. The summed E-state index contributed by atoms with van der Waals surface area (Å²) in [5.41, 5.74) is 1.82. The average Bonchev–Trinajstić information content (AvgIpc) is 2.53. The van der Waals surface area contributed by atoms with Gasteiger partial charge in [0.05, 0.1) is 0 Å². The van der Waals surface area contributed by atoms with Gasteiger partial charge in [-0.2, -0.15) is 0 Å². The zero-order chi connectivity index (χ0) is 17.5. The van der Waals surface area contributed by atoms with E-state index in [0.29, 0.717) is 11.6 Å². The minimum atomic E-state index is -0.251. The van der Waals surface area contributed by atoms with Crippen molar-refractivity contribution < 1.29 is 4.79 Å². The number of nitrogens with zero attached hydrogens (tertiary/aromatic N) is 3. The molecule has 0 saturated heterocycles. The fourth-order valence-corrected chi connectivity index (χ4v) is 2.35. The molecule has 0 spiro atoms. The molecule has 1 aromatic carbocycles. The molecule has 0 atom stereocenters. The van der Waals surface area contributed by atoms with Gasteiger partial charge in [-0.1, -0.05) is 15.9 Å². The van der Waals surface area contributed by atoms with Gasteiger partial charge in [-0.3, -0.25) is 4.79 Å². The summed E-state index contributed by atoms with van der Waals surface area (Å²) in [5, 5.41) is 6.01. The summed E-state index contributed by atoms with van der Waals surface area (Å²) in [6, 6.07) is 9.09. The van der Waals surface area contributed by atoms with Gasteiger partial charge in [0.25, 0.3) is 5.91 Å². The molecule has 1 amide bonds. The van der Waals surface area contributed by atoms with E-state index in [4.69, 9.17) is 0 Å². The minimum Gasteiger partial charge on any atom is -0.354 e. The second-order valence-corrected chi connectivity index (χ2v) is 6.68. The first-order valence-electron chi connectivity index (χ1n) is 7.75. The molecule has 0 aliphatic rings. The molecule has 0 radical (unpaired) electrons. The highest BCUT2D eigenvalue weighted by Gasteiger charge is 2.11. The van der Waals surface area contributed by atoms with E-state index in [9.17, 15) is 4.79 Å². The molecule has 0 fully saturated rings. The smallest absolute Gasteiger partial charge is 0.274 e. The Kier molecular flexibility index (Phi) is 6.69. The van der Waals surface area contributed by atoms with E-state index in [1.54, 1.807) is 6.07 Å². The second kappa shape index (κ2) is 8.75. The van der Waals surface area contributed by atoms with Crippen LogP contribution in [0.2, 0.25) is 0 Å². The normalized spacial score (nSPS) is 10.7. The van der Waals surface area contributed by atoms with E-state index in [-0.39, 0.29) is 5.91 Å². The monoisotopic (exact) mass is 391 g/mol. The number of hydrogen-bond acceptors (Lipinski definition) is 5. The van der Waals surface area contributed by atoms with Crippen LogP contribution in [0, 0.1) is 6.92 Å². The van der Waals surface area contributed by atoms with Gasteiger partial charge in [0.2, 0.25) is 5.95 Å². The van der Waals surface area contributed by atoms with Gasteiger partial charge in [0.1, 0.15) is 5.69 Å². The number of aromatic nitrogens is 2. The largest absolute Gasteiger partial charge is 0.354 e. The van der Waals surface area contributed by atoms with Crippen LogP contribution in [-0.2, 0) is 0 Å². The summed E-state index contributed by atoms with van der Waals surface area (Å²) in [4.78, 5) is 23.1. The van der Waals surface area contributed by atoms with E-state index in [2.05, 4.69) is 41.4 Å². The SMILES string of the molecule is Cc1cc(C(=O)Nc2ccc(Br)cc2)nc(NCCCN(C)C)n1. The number of anilines is 2. The highest BCUT2D eigenvalue weighted by molar-refractivity contribution is 9.10. The summed E-state index contributed by atoms with van der Waals surface area (Å²) in [6.07, 6.45) is 0.977. The Balaban J connectivity index is 2.01. The Bertz CT molecular complexity index is 688. The number of nitrogens with one attached hydrogen (secondary N) is 2. The van der Waals surface area contributed by atoms with E-state index < -0.39 is 0 Å². The van der Waals surface area contributed by atoms with E-state index in [1.807, 2.05) is 45.3 Å². The molecule has 1 heterocycles. The Morgan fingerprint density at radius 1 is 1.21 bits per heavy atom. The summed E-state index contributed by atoms with van der Waals surface area (Å²) in [7, 11) is 4.07. The third-order valence-electron chi connectivity index (χ3n) is 3.25. The molecule has 2 aromatic rings. The van der Waals surface area contributed by atoms with Crippen molar-refractivity contribution in [2.75, 3.05) is 37.8 Å². The van der Waals surface area contributed by atoms with Crippen LogP contribution in [0.25, 0.3) is 0 Å². The molecule has 24 heavy (non-hydrogen) atoms. The van der Waals surface area contributed by atoms with Crippen LogP contribution >= 0.6 is 15.9 Å². The Hall–Kier alpha value is -1.99. The molecule has 0 bridgehead atoms. The van der Waals surface area contributed by atoms with Crippen molar-refractivity contribution in [2.24, 2.45) is 0 Å².